The van der Waals surface area contributed by atoms with Crippen LogP contribution in [0.4, 0.5) is 0 Å². The van der Waals surface area contributed by atoms with Crippen molar-refractivity contribution >= 4 is 0 Å². The van der Waals surface area contributed by atoms with Gasteiger partial charge in [-0.05, 0) is 37.5 Å². The average molecular weight is 359 g/mol. The molecular weight excluding hydrogens is 334 g/mol. The molecular formula is C20H25NO5. The second-order valence-electron chi connectivity index (χ2n) is 6.16. The van der Waals surface area contributed by atoms with Gasteiger partial charge in [-0.1, -0.05) is 12.1 Å². The van der Waals surface area contributed by atoms with E-state index in [1.165, 1.54) is 11.6 Å². The van der Waals surface area contributed by atoms with Gasteiger partial charge in [-0.2, -0.15) is 0 Å². The van der Waals surface area contributed by atoms with Crippen molar-refractivity contribution in [2.45, 2.75) is 25.9 Å². The Bertz CT molecular complexity index is 735. The molecule has 0 aliphatic carbocycles. The number of benzene rings is 1. The lowest BCUT2D eigenvalue weighted by molar-refractivity contribution is -0.102. The van der Waals surface area contributed by atoms with Crippen LogP contribution >= 0.6 is 0 Å². The summed E-state index contributed by atoms with van der Waals surface area (Å²) in [6.07, 6.45) is 1.45. The zero-order valence-electron chi connectivity index (χ0n) is 15.0. The third-order valence-electron chi connectivity index (χ3n) is 4.10. The van der Waals surface area contributed by atoms with E-state index in [1.807, 2.05) is 31.2 Å². The van der Waals surface area contributed by atoms with Crippen molar-refractivity contribution in [3.63, 3.8) is 0 Å². The number of aromatic amines is 1. The first-order valence-corrected chi connectivity index (χ1v) is 9.00. The molecule has 0 amide bonds. The Hall–Kier alpha value is -2.31. The van der Waals surface area contributed by atoms with E-state index in [-0.39, 0.29) is 11.5 Å². The summed E-state index contributed by atoms with van der Waals surface area (Å²) in [6.45, 7) is 4.69. The fourth-order valence-electron chi connectivity index (χ4n) is 2.80. The van der Waals surface area contributed by atoms with E-state index < -0.39 is 0 Å². The van der Waals surface area contributed by atoms with Crippen LogP contribution in [0.1, 0.15) is 18.2 Å². The molecule has 140 valence electrons. The second kappa shape index (κ2) is 9.40. The molecule has 1 N–H and O–H groups in total. The van der Waals surface area contributed by atoms with Gasteiger partial charge in [0, 0.05) is 17.8 Å². The number of hydrogen-bond donors (Lipinski definition) is 1. The first-order valence-electron chi connectivity index (χ1n) is 9.00. The van der Waals surface area contributed by atoms with Gasteiger partial charge in [0.05, 0.1) is 26.4 Å². The summed E-state index contributed by atoms with van der Waals surface area (Å²) in [5.74, 6) is 1.34. The quantitative estimate of drug-likeness (QED) is 0.783. The number of nitrogens with one attached hydrogen (secondary N) is 1. The first kappa shape index (κ1) is 18.5. The lowest BCUT2D eigenvalue weighted by Crippen LogP contribution is -2.33. The van der Waals surface area contributed by atoms with Gasteiger partial charge in [-0.3, -0.25) is 4.79 Å². The summed E-state index contributed by atoms with van der Waals surface area (Å²) in [5.41, 5.74) is 1.97. The minimum Gasteiger partial charge on any atom is -0.494 e. The Morgan fingerprint density at radius 2 is 1.96 bits per heavy atom. The summed E-state index contributed by atoms with van der Waals surface area (Å²) in [7, 11) is 0. The van der Waals surface area contributed by atoms with Crippen LogP contribution in [0.5, 0.6) is 11.6 Å². The molecule has 1 aromatic heterocycles. The lowest BCUT2D eigenvalue weighted by atomic mass is 10.1. The van der Waals surface area contributed by atoms with Crippen LogP contribution in [0.15, 0.2) is 41.2 Å². The number of aryl methyl sites for hydroxylation is 2. The predicted octanol–water partition coefficient (Wildman–Crippen LogP) is 2.35. The third kappa shape index (κ3) is 5.61. The van der Waals surface area contributed by atoms with Crippen molar-refractivity contribution in [2.24, 2.45) is 0 Å². The summed E-state index contributed by atoms with van der Waals surface area (Å²) >= 11 is 0. The van der Waals surface area contributed by atoms with Gasteiger partial charge in [-0.25, -0.2) is 0 Å². The Kier molecular flexibility index (Phi) is 6.68. The normalized spacial score (nSPS) is 17.0. The Labute approximate surface area is 153 Å². The van der Waals surface area contributed by atoms with Crippen LogP contribution in [0.3, 0.4) is 0 Å². The van der Waals surface area contributed by atoms with Gasteiger partial charge >= 0.3 is 0 Å². The van der Waals surface area contributed by atoms with Crippen molar-refractivity contribution in [1.82, 2.24) is 4.98 Å². The van der Waals surface area contributed by atoms with E-state index in [2.05, 4.69) is 4.98 Å². The molecule has 0 radical (unpaired) electrons. The summed E-state index contributed by atoms with van der Waals surface area (Å²) in [6, 6.07) is 11.1. The molecule has 1 saturated heterocycles. The fraction of sp³-hybridized carbons (Fsp3) is 0.450. The van der Waals surface area contributed by atoms with E-state index in [4.69, 9.17) is 18.9 Å². The van der Waals surface area contributed by atoms with E-state index >= 15 is 0 Å². The molecule has 1 unspecified atom stereocenters. The standard InChI is InChI=1S/C20H25NO5/c1-2-24-18-7-4-15(5-8-18)3-6-16-11-17(22)12-20(21-16)26-14-19-13-23-9-10-25-19/h4-5,7-8,11-12,19H,2-3,6,9-10,13-14H2,1H3,(H,21,22). The number of pyridine rings is 1. The van der Waals surface area contributed by atoms with Crippen LogP contribution in [-0.4, -0.2) is 44.1 Å². The highest BCUT2D eigenvalue weighted by Crippen LogP contribution is 2.14. The molecule has 6 nitrogen and oxygen atoms in total. The SMILES string of the molecule is CCOc1ccc(CCc2cc(=O)cc(OCC3COCCO3)[nH]2)cc1. The average Bonchev–Trinajstić information content (AvgIpc) is 2.67. The first-order chi connectivity index (χ1) is 12.7. The molecule has 2 heterocycles. The number of rotatable bonds is 8. The highest BCUT2D eigenvalue weighted by Gasteiger charge is 2.15. The molecule has 0 bridgehead atoms. The van der Waals surface area contributed by atoms with Crippen molar-refractivity contribution < 1.29 is 18.9 Å². The van der Waals surface area contributed by atoms with Gasteiger partial charge in [0.1, 0.15) is 18.5 Å². The molecule has 3 rings (SSSR count). The minimum absolute atomic E-state index is 0.0683. The van der Waals surface area contributed by atoms with Gasteiger partial charge in [-0.15, -0.1) is 0 Å². The second-order valence-corrected chi connectivity index (χ2v) is 6.16. The van der Waals surface area contributed by atoms with Crippen LogP contribution in [-0.2, 0) is 22.3 Å². The third-order valence-corrected chi connectivity index (χ3v) is 4.10. The van der Waals surface area contributed by atoms with Gasteiger partial charge in [0.15, 0.2) is 11.3 Å². The monoisotopic (exact) mass is 359 g/mol. The zero-order valence-corrected chi connectivity index (χ0v) is 15.0. The molecule has 1 fully saturated rings. The molecule has 0 saturated carbocycles. The molecule has 0 spiro atoms. The summed E-state index contributed by atoms with van der Waals surface area (Å²) in [4.78, 5) is 15.1. The van der Waals surface area contributed by atoms with Crippen molar-refractivity contribution in [3.8, 4) is 11.6 Å². The molecule has 1 atom stereocenters. The maximum atomic E-state index is 11.9. The van der Waals surface area contributed by atoms with E-state index in [0.29, 0.717) is 38.9 Å². The summed E-state index contributed by atoms with van der Waals surface area (Å²) in [5, 5.41) is 0. The molecule has 1 aliphatic heterocycles. The topological polar surface area (TPSA) is 69.8 Å². The van der Waals surface area contributed by atoms with Crippen molar-refractivity contribution in [3.05, 3.63) is 57.9 Å². The van der Waals surface area contributed by atoms with Gasteiger partial charge in [0.25, 0.3) is 0 Å². The van der Waals surface area contributed by atoms with E-state index in [1.54, 1.807) is 6.07 Å². The molecule has 1 aromatic carbocycles. The van der Waals surface area contributed by atoms with Crippen molar-refractivity contribution in [1.29, 1.82) is 0 Å². The minimum atomic E-state index is -0.0974. The number of hydrogen-bond acceptors (Lipinski definition) is 5. The lowest BCUT2D eigenvalue weighted by Gasteiger charge is -2.22. The maximum Gasteiger partial charge on any atom is 0.194 e. The Balaban J connectivity index is 1.55. The fourth-order valence-corrected chi connectivity index (χ4v) is 2.80. The number of ether oxygens (including phenoxy) is 4. The Morgan fingerprint density at radius 1 is 1.12 bits per heavy atom. The largest absolute Gasteiger partial charge is 0.494 e. The molecule has 6 heteroatoms. The molecule has 2 aromatic rings. The Morgan fingerprint density at radius 3 is 2.69 bits per heavy atom. The molecule has 1 aliphatic rings. The van der Waals surface area contributed by atoms with Crippen molar-refractivity contribution in [2.75, 3.05) is 33.0 Å². The highest BCUT2D eigenvalue weighted by molar-refractivity contribution is 5.28. The van der Waals surface area contributed by atoms with Gasteiger partial charge in [0.2, 0.25) is 0 Å². The van der Waals surface area contributed by atoms with Crippen LogP contribution in [0.2, 0.25) is 0 Å². The van der Waals surface area contributed by atoms with Crippen LogP contribution < -0.4 is 14.9 Å². The predicted molar refractivity (Wildman–Crippen MR) is 98.1 cm³/mol. The maximum absolute atomic E-state index is 11.9. The number of aromatic nitrogens is 1. The van der Waals surface area contributed by atoms with E-state index in [9.17, 15) is 4.79 Å². The highest BCUT2D eigenvalue weighted by atomic mass is 16.6. The molecule has 26 heavy (non-hydrogen) atoms. The van der Waals surface area contributed by atoms with E-state index in [0.717, 1.165) is 24.3 Å². The van der Waals surface area contributed by atoms with Crippen LogP contribution in [0.25, 0.3) is 0 Å². The smallest absolute Gasteiger partial charge is 0.194 e. The summed E-state index contributed by atoms with van der Waals surface area (Å²) < 4.78 is 22.0. The van der Waals surface area contributed by atoms with Gasteiger partial charge < -0.3 is 23.9 Å². The van der Waals surface area contributed by atoms with Crippen LogP contribution in [0, 0.1) is 0 Å². The number of H-pyrrole nitrogens is 1. The zero-order chi connectivity index (χ0) is 18.2.